The maximum absolute atomic E-state index is 11.5. The average molecular weight is 256 g/mol. The third-order valence-electron chi connectivity index (χ3n) is 3.33. The van der Waals surface area contributed by atoms with Gasteiger partial charge in [0.15, 0.2) is 0 Å². The molecule has 18 heavy (non-hydrogen) atoms. The first kappa shape index (κ1) is 15.4. The first-order valence-corrected chi connectivity index (χ1v) is 7.25. The Balaban J connectivity index is 2.20. The zero-order valence-corrected chi connectivity index (χ0v) is 12.1. The third-order valence-corrected chi connectivity index (χ3v) is 3.33. The van der Waals surface area contributed by atoms with E-state index in [0.29, 0.717) is 6.54 Å². The summed E-state index contributed by atoms with van der Waals surface area (Å²) in [5.74, 6) is 0.163. The van der Waals surface area contributed by atoms with E-state index in [1.54, 1.807) is 0 Å². The zero-order valence-electron chi connectivity index (χ0n) is 12.1. The summed E-state index contributed by atoms with van der Waals surface area (Å²) in [6, 6.07) is 0. The number of hydrogen-bond acceptors (Lipinski definition) is 3. The van der Waals surface area contributed by atoms with E-state index >= 15 is 0 Å². The number of nitrogens with one attached hydrogen (secondary N) is 1. The van der Waals surface area contributed by atoms with Crippen molar-refractivity contribution in [3.8, 4) is 0 Å². The predicted molar refractivity (Wildman–Crippen MR) is 73.6 cm³/mol. The van der Waals surface area contributed by atoms with E-state index in [2.05, 4.69) is 17.1 Å². The van der Waals surface area contributed by atoms with Crippen LogP contribution in [-0.4, -0.2) is 49.7 Å². The molecule has 0 spiro atoms. The van der Waals surface area contributed by atoms with Crippen LogP contribution in [0, 0.1) is 5.92 Å². The van der Waals surface area contributed by atoms with Crippen molar-refractivity contribution in [3.05, 3.63) is 0 Å². The Bertz CT molecular complexity index is 244. The number of unbranched alkanes of at least 4 members (excludes halogenated alkanes) is 2. The second-order valence-electron chi connectivity index (χ2n) is 5.40. The molecule has 0 unspecified atom stereocenters. The Morgan fingerprint density at radius 2 is 2.22 bits per heavy atom. The van der Waals surface area contributed by atoms with Gasteiger partial charge < -0.3 is 10.1 Å². The van der Waals surface area contributed by atoms with Gasteiger partial charge in [-0.3, -0.25) is 9.69 Å². The first-order chi connectivity index (χ1) is 8.63. The molecule has 1 saturated heterocycles. The minimum absolute atomic E-state index is 0.0502. The van der Waals surface area contributed by atoms with Gasteiger partial charge >= 0.3 is 0 Å². The summed E-state index contributed by atoms with van der Waals surface area (Å²) in [5, 5.41) is 2.95. The topological polar surface area (TPSA) is 41.6 Å². The summed E-state index contributed by atoms with van der Waals surface area (Å²) in [5.41, 5.74) is 0. The molecule has 1 aliphatic heterocycles. The van der Waals surface area contributed by atoms with Gasteiger partial charge in [0, 0.05) is 25.6 Å². The van der Waals surface area contributed by atoms with Crippen LogP contribution in [-0.2, 0) is 9.53 Å². The van der Waals surface area contributed by atoms with Gasteiger partial charge in [-0.25, -0.2) is 0 Å². The third kappa shape index (κ3) is 5.83. The van der Waals surface area contributed by atoms with Gasteiger partial charge in [-0.1, -0.05) is 33.6 Å². The molecule has 0 aliphatic carbocycles. The van der Waals surface area contributed by atoms with Crippen LogP contribution in [0.25, 0.3) is 0 Å². The van der Waals surface area contributed by atoms with Crippen LogP contribution in [0.4, 0.5) is 0 Å². The smallest absolute Gasteiger partial charge is 0.222 e. The summed E-state index contributed by atoms with van der Waals surface area (Å²) in [6.45, 7) is 10.6. The fourth-order valence-electron chi connectivity index (χ4n) is 2.11. The number of carbonyl (C=O) groups excluding carboxylic acids is 1. The van der Waals surface area contributed by atoms with E-state index < -0.39 is 0 Å². The van der Waals surface area contributed by atoms with Crippen LogP contribution < -0.4 is 5.32 Å². The van der Waals surface area contributed by atoms with E-state index in [1.807, 2.05) is 13.8 Å². The zero-order chi connectivity index (χ0) is 13.4. The summed E-state index contributed by atoms with van der Waals surface area (Å²) in [6.07, 6.45) is 3.98. The molecule has 1 N–H and O–H groups in total. The van der Waals surface area contributed by atoms with Crippen molar-refractivity contribution in [1.29, 1.82) is 0 Å². The molecule has 1 amide bonds. The maximum Gasteiger partial charge on any atom is 0.222 e. The SMILES string of the molecule is CCCCCN1CCO[C@H](CNC(=O)C(C)C)C1. The second kappa shape index (κ2) is 8.48. The molecular weight excluding hydrogens is 228 g/mol. The maximum atomic E-state index is 11.5. The Morgan fingerprint density at radius 3 is 2.89 bits per heavy atom. The van der Waals surface area contributed by atoms with Crippen molar-refractivity contribution in [2.75, 3.05) is 32.8 Å². The van der Waals surface area contributed by atoms with Crippen molar-refractivity contribution in [1.82, 2.24) is 10.2 Å². The summed E-state index contributed by atoms with van der Waals surface area (Å²) >= 11 is 0. The van der Waals surface area contributed by atoms with Crippen molar-refractivity contribution in [2.45, 2.75) is 46.1 Å². The van der Waals surface area contributed by atoms with Crippen LogP contribution in [0.15, 0.2) is 0 Å². The quantitative estimate of drug-likeness (QED) is 0.704. The van der Waals surface area contributed by atoms with Gasteiger partial charge in [0.25, 0.3) is 0 Å². The lowest BCUT2D eigenvalue weighted by molar-refractivity contribution is -0.125. The van der Waals surface area contributed by atoms with Crippen molar-refractivity contribution < 1.29 is 9.53 Å². The van der Waals surface area contributed by atoms with E-state index in [4.69, 9.17) is 4.74 Å². The van der Waals surface area contributed by atoms with Crippen LogP contribution in [0.5, 0.6) is 0 Å². The fourth-order valence-corrected chi connectivity index (χ4v) is 2.11. The number of rotatable bonds is 7. The van der Waals surface area contributed by atoms with Crippen LogP contribution in [0.1, 0.15) is 40.0 Å². The minimum atomic E-state index is 0.0502. The summed E-state index contributed by atoms with van der Waals surface area (Å²) in [7, 11) is 0. The Labute approximate surface area is 111 Å². The minimum Gasteiger partial charge on any atom is -0.374 e. The number of amides is 1. The van der Waals surface area contributed by atoms with Crippen molar-refractivity contribution >= 4 is 5.91 Å². The molecule has 0 bridgehead atoms. The second-order valence-corrected chi connectivity index (χ2v) is 5.40. The molecule has 1 aliphatic rings. The average Bonchev–Trinajstić information content (AvgIpc) is 2.36. The molecule has 4 heteroatoms. The van der Waals surface area contributed by atoms with E-state index in [1.165, 1.54) is 19.3 Å². The first-order valence-electron chi connectivity index (χ1n) is 7.25. The Kier molecular flexibility index (Phi) is 7.28. The highest BCUT2D eigenvalue weighted by Gasteiger charge is 2.20. The molecule has 0 saturated carbocycles. The van der Waals surface area contributed by atoms with Crippen molar-refractivity contribution in [3.63, 3.8) is 0 Å². The van der Waals surface area contributed by atoms with Crippen LogP contribution in [0.3, 0.4) is 0 Å². The molecule has 0 radical (unpaired) electrons. The van der Waals surface area contributed by atoms with E-state index in [0.717, 1.165) is 26.2 Å². The van der Waals surface area contributed by atoms with Gasteiger partial charge in [-0.05, 0) is 13.0 Å². The lowest BCUT2D eigenvalue weighted by atomic mass is 10.2. The largest absolute Gasteiger partial charge is 0.374 e. The number of nitrogens with zero attached hydrogens (tertiary/aromatic N) is 1. The summed E-state index contributed by atoms with van der Waals surface area (Å²) in [4.78, 5) is 13.9. The monoisotopic (exact) mass is 256 g/mol. The number of morpholine rings is 1. The predicted octanol–water partition coefficient (Wildman–Crippen LogP) is 1.65. The lowest BCUT2D eigenvalue weighted by Gasteiger charge is -2.33. The normalized spacial score (nSPS) is 21.2. The van der Waals surface area contributed by atoms with E-state index in [-0.39, 0.29) is 17.9 Å². The molecule has 1 fully saturated rings. The molecule has 1 atom stereocenters. The van der Waals surface area contributed by atoms with Gasteiger partial charge in [0.1, 0.15) is 0 Å². The highest BCUT2D eigenvalue weighted by atomic mass is 16.5. The fraction of sp³-hybridized carbons (Fsp3) is 0.929. The number of ether oxygens (including phenoxy) is 1. The van der Waals surface area contributed by atoms with E-state index in [9.17, 15) is 4.79 Å². The molecular formula is C14H28N2O2. The highest BCUT2D eigenvalue weighted by molar-refractivity contribution is 5.77. The highest BCUT2D eigenvalue weighted by Crippen LogP contribution is 2.07. The molecule has 4 nitrogen and oxygen atoms in total. The molecule has 106 valence electrons. The number of carbonyl (C=O) groups is 1. The Morgan fingerprint density at radius 1 is 1.44 bits per heavy atom. The van der Waals surface area contributed by atoms with Crippen molar-refractivity contribution in [2.24, 2.45) is 5.92 Å². The van der Waals surface area contributed by atoms with Gasteiger partial charge in [-0.2, -0.15) is 0 Å². The van der Waals surface area contributed by atoms with Gasteiger partial charge in [0.05, 0.1) is 12.7 Å². The molecule has 0 aromatic heterocycles. The lowest BCUT2D eigenvalue weighted by Crippen LogP contribution is -2.48. The van der Waals surface area contributed by atoms with Gasteiger partial charge in [-0.15, -0.1) is 0 Å². The number of hydrogen-bond donors (Lipinski definition) is 1. The Hall–Kier alpha value is -0.610. The summed E-state index contributed by atoms with van der Waals surface area (Å²) < 4.78 is 5.69. The molecule has 1 rings (SSSR count). The van der Waals surface area contributed by atoms with Gasteiger partial charge in [0.2, 0.25) is 5.91 Å². The van der Waals surface area contributed by atoms with Crippen LogP contribution in [0.2, 0.25) is 0 Å². The standard InChI is InChI=1S/C14H28N2O2/c1-4-5-6-7-16-8-9-18-13(11-16)10-15-14(17)12(2)3/h12-13H,4-11H2,1-3H3,(H,15,17)/t13-/m1/s1. The van der Waals surface area contributed by atoms with Crippen LogP contribution >= 0.6 is 0 Å². The molecule has 0 aromatic carbocycles. The molecule has 0 aromatic rings. The molecule has 1 heterocycles.